The molecule has 0 aliphatic rings. The predicted octanol–water partition coefficient (Wildman–Crippen LogP) is 2.44. The zero-order chi connectivity index (χ0) is 10.7. The van der Waals surface area contributed by atoms with E-state index in [1.165, 1.54) is 0 Å². The highest BCUT2D eigenvalue weighted by atomic mass is 19.1. The van der Waals surface area contributed by atoms with Crippen molar-refractivity contribution >= 4 is 0 Å². The molecule has 0 fully saturated rings. The van der Waals surface area contributed by atoms with Crippen LogP contribution in [0.15, 0.2) is 12.4 Å². The van der Waals surface area contributed by atoms with Crippen molar-refractivity contribution in [3.05, 3.63) is 29.6 Å². The lowest BCUT2D eigenvalue weighted by molar-refractivity contribution is 0.107. The van der Waals surface area contributed by atoms with Gasteiger partial charge in [-0.1, -0.05) is 20.3 Å². The van der Waals surface area contributed by atoms with Crippen molar-refractivity contribution in [2.24, 2.45) is 5.92 Å². The summed E-state index contributed by atoms with van der Waals surface area (Å²) < 4.78 is 26.3. The summed E-state index contributed by atoms with van der Waals surface area (Å²) in [4.78, 5) is 3.35. The summed E-state index contributed by atoms with van der Waals surface area (Å²) in [5.41, 5.74) is -0.283. The maximum Gasteiger partial charge on any atom is 0.150 e. The van der Waals surface area contributed by atoms with Crippen molar-refractivity contribution in [3.8, 4) is 0 Å². The van der Waals surface area contributed by atoms with E-state index in [1.807, 2.05) is 6.92 Å². The number of aliphatic hydroxyl groups excluding tert-OH is 1. The van der Waals surface area contributed by atoms with Crippen molar-refractivity contribution in [2.45, 2.75) is 26.4 Å². The monoisotopic (exact) mass is 201 g/mol. The molecule has 0 saturated heterocycles. The summed E-state index contributed by atoms with van der Waals surface area (Å²) in [6.07, 6.45) is 1.36. The number of rotatable bonds is 3. The molecule has 0 amide bonds. The van der Waals surface area contributed by atoms with E-state index >= 15 is 0 Å². The summed E-state index contributed by atoms with van der Waals surface area (Å²) in [5, 5.41) is 9.64. The van der Waals surface area contributed by atoms with Crippen LogP contribution in [0.2, 0.25) is 0 Å². The smallest absolute Gasteiger partial charge is 0.150 e. The molecule has 2 nitrogen and oxygen atoms in total. The predicted molar refractivity (Wildman–Crippen MR) is 48.6 cm³/mol. The third-order valence-corrected chi connectivity index (χ3v) is 2.37. The van der Waals surface area contributed by atoms with Gasteiger partial charge in [-0.25, -0.2) is 8.78 Å². The van der Waals surface area contributed by atoms with E-state index in [2.05, 4.69) is 4.98 Å². The average Bonchev–Trinajstić information content (AvgIpc) is 2.16. The molecular weight excluding hydrogens is 188 g/mol. The number of nitrogens with zero attached hydrogens (tertiary/aromatic N) is 1. The summed E-state index contributed by atoms with van der Waals surface area (Å²) in [7, 11) is 0. The lowest BCUT2D eigenvalue weighted by atomic mass is 9.95. The third-order valence-electron chi connectivity index (χ3n) is 2.37. The number of hydrogen-bond acceptors (Lipinski definition) is 2. The highest BCUT2D eigenvalue weighted by Crippen LogP contribution is 2.27. The molecule has 14 heavy (non-hydrogen) atoms. The van der Waals surface area contributed by atoms with Crippen molar-refractivity contribution in [1.29, 1.82) is 0 Å². The largest absolute Gasteiger partial charge is 0.388 e. The molecular formula is C10H13F2NO. The zero-order valence-electron chi connectivity index (χ0n) is 8.17. The second kappa shape index (κ2) is 4.46. The molecule has 1 N–H and O–H groups in total. The van der Waals surface area contributed by atoms with Gasteiger partial charge in [0.05, 0.1) is 24.1 Å². The lowest BCUT2D eigenvalue weighted by Crippen LogP contribution is -2.12. The van der Waals surface area contributed by atoms with Gasteiger partial charge in [0.15, 0.2) is 0 Å². The minimum absolute atomic E-state index is 0.179. The van der Waals surface area contributed by atoms with Crippen LogP contribution in [-0.2, 0) is 0 Å². The normalized spacial score (nSPS) is 15.2. The van der Waals surface area contributed by atoms with Gasteiger partial charge in [-0.2, -0.15) is 0 Å². The molecule has 1 rings (SSSR count). The number of halogens is 2. The van der Waals surface area contributed by atoms with E-state index in [9.17, 15) is 13.9 Å². The molecule has 1 heterocycles. The van der Waals surface area contributed by atoms with Gasteiger partial charge in [-0.3, -0.25) is 4.98 Å². The van der Waals surface area contributed by atoms with E-state index in [0.717, 1.165) is 12.4 Å². The molecule has 0 aliphatic heterocycles. The molecule has 2 unspecified atom stereocenters. The lowest BCUT2D eigenvalue weighted by Gasteiger charge is -2.18. The van der Waals surface area contributed by atoms with E-state index in [-0.39, 0.29) is 11.5 Å². The Balaban J connectivity index is 3.05. The van der Waals surface area contributed by atoms with Gasteiger partial charge in [0, 0.05) is 0 Å². The second-order valence-corrected chi connectivity index (χ2v) is 3.35. The van der Waals surface area contributed by atoms with Crippen LogP contribution in [0.25, 0.3) is 0 Å². The molecule has 0 aromatic carbocycles. The molecule has 0 saturated carbocycles. The number of pyridine rings is 1. The fourth-order valence-corrected chi connectivity index (χ4v) is 1.21. The Morgan fingerprint density at radius 1 is 1.36 bits per heavy atom. The molecule has 0 aliphatic carbocycles. The molecule has 78 valence electrons. The maximum absolute atomic E-state index is 13.1. The van der Waals surface area contributed by atoms with E-state index < -0.39 is 17.7 Å². The van der Waals surface area contributed by atoms with Crippen LogP contribution in [0.4, 0.5) is 8.78 Å². The van der Waals surface area contributed by atoms with Crippen LogP contribution < -0.4 is 0 Å². The van der Waals surface area contributed by atoms with Crippen molar-refractivity contribution < 1.29 is 13.9 Å². The SMILES string of the molecule is CCC(C)C(O)c1c(F)cncc1F. The average molecular weight is 201 g/mol. The molecule has 2 atom stereocenters. The van der Waals surface area contributed by atoms with Crippen LogP contribution in [0.3, 0.4) is 0 Å². The fraction of sp³-hybridized carbons (Fsp3) is 0.500. The summed E-state index contributed by atoms with van der Waals surface area (Å²) >= 11 is 0. The quantitative estimate of drug-likeness (QED) is 0.814. The first-order valence-corrected chi connectivity index (χ1v) is 4.54. The standard InChI is InChI=1S/C10H13F2NO/c1-3-6(2)10(14)9-7(11)4-13-5-8(9)12/h4-6,10,14H,3H2,1-2H3. The Bertz CT molecular complexity index is 297. The van der Waals surface area contributed by atoms with Crippen molar-refractivity contribution in [3.63, 3.8) is 0 Å². The maximum atomic E-state index is 13.1. The van der Waals surface area contributed by atoms with E-state index in [4.69, 9.17) is 0 Å². The van der Waals surface area contributed by atoms with Gasteiger partial charge in [0.2, 0.25) is 0 Å². The van der Waals surface area contributed by atoms with Gasteiger partial charge >= 0.3 is 0 Å². The Kier molecular flexibility index (Phi) is 3.52. The minimum atomic E-state index is -1.11. The summed E-state index contributed by atoms with van der Waals surface area (Å²) in [6.45, 7) is 3.59. The number of aliphatic hydroxyl groups is 1. The first-order chi connectivity index (χ1) is 6.57. The molecule has 4 heteroatoms. The Morgan fingerprint density at radius 3 is 2.29 bits per heavy atom. The van der Waals surface area contributed by atoms with Gasteiger partial charge < -0.3 is 5.11 Å². The summed E-state index contributed by atoms with van der Waals surface area (Å²) in [6, 6.07) is 0. The first-order valence-electron chi connectivity index (χ1n) is 4.54. The molecule has 0 spiro atoms. The number of hydrogen-bond donors (Lipinski definition) is 1. The van der Waals surface area contributed by atoms with Crippen molar-refractivity contribution in [1.82, 2.24) is 4.98 Å². The van der Waals surface area contributed by atoms with Crippen LogP contribution in [0.1, 0.15) is 31.9 Å². The fourth-order valence-electron chi connectivity index (χ4n) is 1.21. The van der Waals surface area contributed by atoms with Crippen LogP contribution >= 0.6 is 0 Å². The molecule has 1 aromatic rings. The van der Waals surface area contributed by atoms with Gasteiger partial charge in [0.1, 0.15) is 11.6 Å². The third kappa shape index (κ3) is 2.07. The molecule has 0 radical (unpaired) electrons. The highest BCUT2D eigenvalue weighted by Gasteiger charge is 2.22. The van der Waals surface area contributed by atoms with Gasteiger partial charge in [-0.15, -0.1) is 0 Å². The van der Waals surface area contributed by atoms with Gasteiger partial charge in [0.25, 0.3) is 0 Å². The zero-order valence-corrected chi connectivity index (χ0v) is 8.17. The Morgan fingerprint density at radius 2 is 1.86 bits per heavy atom. The Hall–Kier alpha value is -1.03. The Labute approximate surface area is 81.6 Å². The highest BCUT2D eigenvalue weighted by molar-refractivity contribution is 5.18. The molecule has 1 aromatic heterocycles. The van der Waals surface area contributed by atoms with Crippen LogP contribution in [0, 0.1) is 17.6 Å². The topological polar surface area (TPSA) is 33.1 Å². The van der Waals surface area contributed by atoms with Crippen LogP contribution in [-0.4, -0.2) is 10.1 Å². The van der Waals surface area contributed by atoms with Gasteiger partial charge in [-0.05, 0) is 5.92 Å². The van der Waals surface area contributed by atoms with Crippen molar-refractivity contribution in [2.75, 3.05) is 0 Å². The second-order valence-electron chi connectivity index (χ2n) is 3.35. The van der Waals surface area contributed by atoms with E-state index in [1.54, 1.807) is 6.92 Å². The number of aromatic nitrogens is 1. The molecule has 0 bridgehead atoms. The summed E-state index contributed by atoms with van der Waals surface area (Å²) in [5.74, 6) is -1.77. The van der Waals surface area contributed by atoms with Crippen LogP contribution in [0.5, 0.6) is 0 Å². The first kappa shape index (κ1) is 11.0. The minimum Gasteiger partial charge on any atom is -0.388 e. The van der Waals surface area contributed by atoms with E-state index in [0.29, 0.717) is 6.42 Å².